The molecule has 22 heavy (non-hydrogen) atoms. The summed E-state index contributed by atoms with van der Waals surface area (Å²) in [6.07, 6.45) is -0.459. The molecule has 5 heteroatoms. The maximum absolute atomic E-state index is 13.0. The summed E-state index contributed by atoms with van der Waals surface area (Å²) in [5.74, 6) is 0.295. The van der Waals surface area contributed by atoms with Crippen LogP contribution in [-0.2, 0) is 4.74 Å². The number of thiophene rings is 1. The number of ether oxygens (including phenoxy) is 1. The summed E-state index contributed by atoms with van der Waals surface area (Å²) >= 11 is 1.68. The summed E-state index contributed by atoms with van der Waals surface area (Å²) in [6, 6.07) is 7.21. The SMILES string of the molecule is FC(F)c1ccc2c(c1)C1OCCCC1[C@H](c1ccsc1)N2. The van der Waals surface area contributed by atoms with Crippen LogP contribution < -0.4 is 5.32 Å². The second-order valence-corrected chi connectivity index (χ2v) is 6.70. The summed E-state index contributed by atoms with van der Waals surface area (Å²) in [4.78, 5) is 0. The lowest BCUT2D eigenvalue weighted by Crippen LogP contribution is -2.35. The minimum Gasteiger partial charge on any atom is -0.378 e. The molecular formula is C17H17F2NOS. The van der Waals surface area contributed by atoms with Crippen LogP contribution in [0.4, 0.5) is 14.5 Å². The number of hydrogen-bond donors (Lipinski definition) is 1. The lowest BCUT2D eigenvalue weighted by molar-refractivity contribution is -0.0382. The summed E-state index contributed by atoms with van der Waals surface area (Å²) in [7, 11) is 0. The van der Waals surface area contributed by atoms with E-state index in [1.54, 1.807) is 23.5 Å². The normalized spacial score (nSPS) is 27.1. The first-order valence-electron chi connectivity index (χ1n) is 7.56. The Morgan fingerprint density at radius 3 is 2.95 bits per heavy atom. The molecule has 4 rings (SSSR count). The quantitative estimate of drug-likeness (QED) is 0.808. The highest BCUT2D eigenvalue weighted by Gasteiger charge is 2.40. The molecule has 0 saturated carbocycles. The van der Waals surface area contributed by atoms with Gasteiger partial charge in [0, 0.05) is 29.3 Å². The van der Waals surface area contributed by atoms with Crippen molar-refractivity contribution in [3.63, 3.8) is 0 Å². The average Bonchev–Trinajstić information content (AvgIpc) is 3.08. The molecule has 2 nitrogen and oxygen atoms in total. The summed E-state index contributed by atoms with van der Waals surface area (Å²) in [5, 5.41) is 7.78. The third-order valence-electron chi connectivity index (χ3n) is 4.64. The van der Waals surface area contributed by atoms with Crippen LogP contribution in [0.25, 0.3) is 0 Å². The standard InChI is InChI=1S/C17H17F2NOS/c18-17(19)10-3-4-14-13(8-10)16-12(2-1-6-21-16)15(20-14)11-5-7-22-9-11/h3-5,7-9,12,15-17,20H,1-2,6H2/t12?,15-,16?/m0/s1. The van der Waals surface area contributed by atoms with Crippen LogP contribution in [0, 0.1) is 5.92 Å². The van der Waals surface area contributed by atoms with Gasteiger partial charge in [-0.3, -0.25) is 0 Å². The van der Waals surface area contributed by atoms with Gasteiger partial charge in [0.15, 0.2) is 0 Å². The van der Waals surface area contributed by atoms with Crippen LogP contribution in [-0.4, -0.2) is 6.61 Å². The monoisotopic (exact) mass is 321 g/mol. The van der Waals surface area contributed by atoms with Crippen molar-refractivity contribution in [2.45, 2.75) is 31.4 Å². The predicted octanol–water partition coefficient (Wildman–Crippen LogP) is 5.32. The molecule has 116 valence electrons. The predicted molar refractivity (Wildman–Crippen MR) is 83.5 cm³/mol. The van der Waals surface area contributed by atoms with E-state index in [4.69, 9.17) is 4.74 Å². The van der Waals surface area contributed by atoms with Gasteiger partial charge in [0.05, 0.1) is 12.1 Å². The number of rotatable bonds is 2. The van der Waals surface area contributed by atoms with Crippen LogP contribution in [0.5, 0.6) is 0 Å². The molecule has 1 aromatic heterocycles. The van der Waals surface area contributed by atoms with Crippen molar-refractivity contribution >= 4 is 17.0 Å². The minimum absolute atomic E-state index is 0.0717. The van der Waals surface area contributed by atoms with Crippen LogP contribution in [0.2, 0.25) is 0 Å². The van der Waals surface area contributed by atoms with Gasteiger partial charge in [-0.1, -0.05) is 6.07 Å². The van der Waals surface area contributed by atoms with E-state index in [1.165, 1.54) is 11.6 Å². The highest BCUT2D eigenvalue weighted by atomic mass is 32.1. The Morgan fingerprint density at radius 1 is 1.27 bits per heavy atom. The Hall–Kier alpha value is -1.46. The van der Waals surface area contributed by atoms with Gasteiger partial charge in [0.1, 0.15) is 0 Å². The highest BCUT2D eigenvalue weighted by molar-refractivity contribution is 7.08. The van der Waals surface area contributed by atoms with Crippen molar-refractivity contribution < 1.29 is 13.5 Å². The maximum atomic E-state index is 13.0. The van der Waals surface area contributed by atoms with E-state index in [0.717, 1.165) is 24.1 Å². The fourth-order valence-corrected chi connectivity index (χ4v) is 4.30. The van der Waals surface area contributed by atoms with Crippen molar-refractivity contribution in [1.82, 2.24) is 0 Å². The zero-order valence-electron chi connectivity index (χ0n) is 12.0. The van der Waals surface area contributed by atoms with Gasteiger partial charge in [0.25, 0.3) is 6.43 Å². The lowest BCUT2D eigenvalue weighted by Gasteiger charge is -2.43. The Morgan fingerprint density at radius 2 is 2.18 bits per heavy atom. The molecule has 1 fully saturated rings. The van der Waals surface area contributed by atoms with E-state index in [0.29, 0.717) is 12.5 Å². The molecule has 1 saturated heterocycles. The number of anilines is 1. The highest BCUT2D eigenvalue weighted by Crippen LogP contribution is 2.49. The third-order valence-corrected chi connectivity index (χ3v) is 5.35. The van der Waals surface area contributed by atoms with E-state index in [1.807, 2.05) is 0 Å². The Balaban J connectivity index is 1.77. The fraction of sp³-hybridized carbons (Fsp3) is 0.412. The molecule has 2 unspecified atom stereocenters. The van der Waals surface area contributed by atoms with Crippen LogP contribution in [0.15, 0.2) is 35.0 Å². The van der Waals surface area contributed by atoms with E-state index in [-0.39, 0.29) is 17.7 Å². The largest absolute Gasteiger partial charge is 0.378 e. The van der Waals surface area contributed by atoms with Gasteiger partial charge in [-0.2, -0.15) is 11.3 Å². The molecule has 2 aromatic rings. The molecule has 1 N–H and O–H groups in total. The summed E-state index contributed by atoms with van der Waals surface area (Å²) in [5.41, 5.74) is 3.13. The lowest BCUT2D eigenvalue weighted by atomic mass is 9.78. The molecular weight excluding hydrogens is 304 g/mol. The van der Waals surface area contributed by atoms with Crippen LogP contribution >= 0.6 is 11.3 Å². The molecule has 3 atom stereocenters. The molecule has 2 aliphatic rings. The molecule has 0 bridgehead atoms. The number of halogens is 2. The molecule has 3 heterocycles. The number of alkyl halides is 2. The van der Waals surface area contributed by atoms with Gasteiger partial charge in [-0.25, -0.2) is 8.78 Å². The second-order valence-electron chi connectivity index (χ2n) is 5.92. The van der Waals surface area contributed by atoms with E-state index in [2.05, 4.69) is 22.1 Å². The molecule has 2 aliphatic heterocycles. The molecule has 0 spiro atoms. The van der Waals surface area contributed by atoms with Crippen molar-refractivity contribution in [3.05, 3.63) is 51.7 Å². The van der Waals surface area contributed by atoms with Crippen molar-refractivity contribution in [1.29, 1.82) is 0 Å². The van der Waals surface area contributed by atoms with Gasteiger partial charge >= 0.3 is 0 Å². The van der Waals surface area contributed by atoms with E-state index >= 15 is 0 Å². The zero-order chi connectivity index (χ0) is 15.1. The summed E-state index contributed by atoms with van der Waals surface area (Å²) < 4.78 is 32.0. The van der Waals surface area contributed by atoms with Crippen LogP contribution in [0.3, 0.4) is 0 Å². The fourth-order valence-electron chi connectivity index (χ4n) is 3.61. The summed E-state index contributed by atoms with van der Waals surface area (Å²) in [6.45, 7) is 0.704. The minimum atomic E-state index is -2.44. The Bertz CT molecular complexity index is 659. The average molecular weight is 321 g/mol. The first kappa shape index (κ1) is 14.2. The number of nitrogens with one attached hydrogen (secondary N) is 1. The molecule has 0 radical (unpaired) electrons. The number of hydrogen-bond acceptors (Lipinski definition) is 3. The first-order valence-corrected chi connectivity index (χ1v) is 8.50. The molecule has 0 aliphatic carbocycles. The van der Waals surface area contributed by atoms with E-state index in [9.17, 15) is 8.78 Å². The van der Waals surface area contributed by atoms with Crippen LogP contribution in [0.1, 0.15) is 48.1 Å². The number of benzene rings is 1. The molecule has 0 amide bonds. The van der Waals surface area contributed by atoms with Gasteiger partial charge in [0.2, 0.25) is 0 Å². The van der Waals surface area contributed by atoms with Crippen molar-refractivity contribution in [2.75, 3.05) is 11.9 Å². The Labute approximate surface area is 132 Å². The van der Waals surface area contributed by atoms with Crippen molar-refractivity contribution in [3.8, 4) is 0 Å². The van der Waals surface area contributed by atoms with E-state index < -0.39 is 6.43 Å². The zero-order valence-corrected chi connectivity index (χ0v) is 12.8. The van der Waals surface area contributed by atoms with Gasteiger partial charge in [-0.05, 0) is 47.4 Å². The Kier molecular flexibility index (Phi) is 3.62. The smallest absolute Gasteiger partial charge is 0.263 e. The van der Waals surface area contributed by atoms with Crippen molar-refractivity contribution in [2.24, 2.45) is 5.92 Å². The topological polar surface area (TPSA) is 21.3 Å². The maximum Gasteiger partial charge on any atom is 0.263 e. The first-order chi connectivity index (χ1) is 10.7. The second kappa shape index (κ2) is 5.63. The van der Waals surface area contributed by atoms with Gasteiger partial charge < -0.3 is 10.1 Å². The molecule has 1 aromatic carbocycles. The number of fused-ring (bicyclic) bond motifs is 3. The van der Waals surface area contributed by atoms with Gasteiger partial charge in [-0.15, -0.1) is 0 Å². The third kappa shape index (κ3) is 2.32.